The molecule has 0 aliphatic rings. The fourth-order valence-corrected chi connectivity index (χ4v) is 2.66. The van der Waals surface area contributed by atoms with Crippen LogP contribution in [0.2, 0.25) is 0 Å². The van der Waals surface area contributed by atoms with Crippen LogP contribution in [0.25, 0.3) is 0 Å². The lowest BCUT2D eigenvalue weighted by Gasteiger charge is -2.27. The minimum atomic E-state index is 0.550. The minimum absolute atomic E-state index is 0.550. The Balaban J connectivity index is 1.67. The lowest BCUT2D eigenvalue weighted by atomic mass is 10.2. The molecule has 0 radical (unpaired) electrons. The van der Waals surface area contributed by atoms with Crippen LogP contribution < -0.4 is 20.5 Å². The van der Waals surface area contributed by atoms with E-state index in [-0.39, 0.29) is 0 Å². The van der Waals surface area contributed by atoms with Gasteiger partial charge in [-0.15, -0.1) is 0 Å². The fraction of sp³-hybridized carbons (Fsp3) is 0.0952. The van der Waals surface area contributed by atoms with E-state index in [1.165, 1.54) is 0 Å². The summed E-state index contributed by atoms with van der Waals surface area (Å²) in [6.45, 7) is 0.632. The van der Waals surface area contributed by atoms with Crippen LogP contribution in [0, 0.1) is 0 Å². The molecule has 0 spiro atoms. The van der Waals surface area contributed by atoms with Crippen molar-refractivity contribution in [2.45, 2.75) is 6.54 Å². The molecule has 3 aromatic carbocycles. The number of para-hydroxylation sites is 2. The zero-order valence-electron chi connectivity index (χ0n) is 14.6. The summed E-state index contributed by atoms with van der Waals surface area (Å²) in [5.41, 5.74) is 6.41. The molecule has 4 nitrogen and oxygen atoms in total. The number of methoxy groups -OCH3 is 1. The zero-order chi connectivity index (χ0) is 18.2. The summed E-state index contributed by atoms with van der Waals surface area (Å²) in [7, 11) is 1.66. The van der Waals surface area contributed by atoms with Crippen LogP contribution in [0.3, 0.4) is 0 Å². The van der Waals surface area contributed by atoms with Gasteiger partial charge >= 0.3 is 0 Å². The lowest BCUT2D eigenvalue weighted by molar-refractivity contribution is 0.414. The van der Waals surface area contributed by atoms with Crippen molar-refractivity contribution in [2.24, 2.45) is 0 Å². The van der Waals surface area contributed by atoms with Gasteiger partial charge in [-0.1, -0.05) is 48.5 Å². The molecule has 0 saturated carbocycles. The molecule has 0 aliphatic carbocycles. The van der Waals surface area contributed by atoms with E-state index < -0.39 is 0 Å². The Morgan fingerprint density at radius 2 is 1.38 bits per heavy atom. The SMILES string of the molecule is COc1ccc(CNC(=S)NN(c2ccccc2)c2ccccc2)cc1. The monoisotopic (exact) mass is 363 g/mol. The summed E-state index contributed by atoms with van der Waals surface area (Å²) in [5, 5.41) is 5.76. The molecule has 3 rings (SSSR count). The van der Waals surface area contributed by atoms with Gasteiger partial charge in [0.1, 0.15) is 5.75 Å². The number of anilines is 2. The molecule has 0 atom stereocenters. The van der Waals surface area contributed by atoms with E-state index >= 15 is 0 Å². The maximum absolute atomic E-state index is 5.49. The van der Waals surface area contributed by atoms with E-state index in [1.807, 2.05) is 89.9 Å². The number of hydrogen-bond donors (Lipinski definition) is 2. The van der Waals surface area contributed by atoms with E-state index in [1.54, 1.807) is 7.11 Å². The Hall–Kier alpha value is -3.05. The van der Waals surface area contributed by atoms with E-state index in [9.17, 15) is 0 Å². The highest BCUT2D eigenvalue weighted by molar-refractivity contribution is 7.80. The quantitative estimate of drug-likeness (QED) is 0.501. The molecule has 0 saturated heterocycles. The van der Waals surface area contributed by atoms with Gasteiger partial charge in [0.25, 0.3) is 0 Å². The first kappa shape index (κ1) is 17.8. The Labute approximate surface area is 159 Å². The van der Waals surface area contributed by atoms with Gasteiger partial charge in [0.05, 0.1) is 18.5 Å². The number of nitrogens with zero attached hydrogens (tertiary/aromatic N) is 1. The van der Waals surface area contributed by atoms with Crippen molar-refractivity contribution < 1.29 is 4.74 Å². The van der Waals surface area contributed by atoms with Gasteiger partial charge in [-0.3, -0.25) is 10.4 Å². The fourth-order valence-electron chi connectivity index (χ4n) is 2.50. The molecule has 0 heterocycles. The number of benzene rings is 3. The second-order valence-corrected chi connectivity index (χ2v) is 6.06. The summed E-state index contributed by atoms with van der Waals surface area (Å²) in [6, 6.07) is 28.0. The standard InChI is InChI=1S/C21H21N3OS/c1-25-20-14-12-17(13-15-20)16-22-21(26)23-24(18-8-4-2-5-9-18)19-10-6-3-7-11-19/h2-15H,16H2,1H3,(H2,22,23,26). The van der Waals surface area contributed by atoms with E-state index in [2.05, 4.69) is 10.7 Å². The van der Waals surface area contributed by atoms with Crippen molar-refractivity contribution in [1.82, 2.24) is 10.7 Å². The third-order valence-electron chi connectivity index (χ3n) is 3.85. The van der Waals surface area contributed by atoms with Crippen LogP contribution in [0.15, 0.2) is 84.9 Å². The first-order chi connectivity index (χ1) is 12.8. The van der Waals surface area contributed by atoms with Crippen molar-refractivity contribution in [3.05, 3.63) is 90.5 Å². The molecular weight excluding hydrogens is 342 g/mol. The molecular formula is C21H21N3OS. The van der Waals surface area contributed by atoms with Crippen molar-refractivity contribution >= 4 is 28.7 Å². The lowest BCUT2D eigenvalue weighted by Crippen LogP contribution is -2.44. The maximum atomic E-state index is 5.49. The van der Waals surface area contributed by atoms with Gasteiger partial charge in [0.15, 0.2) is 5.11 Å². The normalized spacial score (nSPS) is 10.0. The van der Waals surface area contributed by atoms with E-state index in [0.29, 0.717) is 11.7 Å². The second-order valence-electron chi connectivity index (χ2n) is 5.65. The predicted molar refractivity (Wildman–Crippen MR) is 111 cm³/mol. The van der Waals surface area contributed by atoms with Crippen LogP contribution in [-0.2, 0) is 6.54 Å². The van der Waals surface area contributed by atoms with Crippen LogP contribution in [0.1, 0.15) is 5.56 Å². The second kappa shape index (κ2) is 8.87. The first-order valence-electron chi connectivity index (χ1n) is 8.34. The maximum Gasteiger partial charge on any atom is 0.185 e. The average molecular weight is 363 g/mol. The van der Waals surface area contributed by atoms with Crippen molar-refractivity contribution in [2.75, 3.05) is 12.1 Å². The van der Waals surface area contributed by atoms with Crippen LogP contribution in [0.5, 0.6) is 5.75 Å². The van der Waals surface area contributed by atoms with Crippen LogP contribution in [0.4, 0.5) is 11.4 Å². The molecule has 0 amide bonds. The van der Waals surface area contributed by atoms with Crippen LogP contribution >= 0.6 is 12.2 Å². The van der Waals surface area contributed by atoms with Gasteiger partial charge in [-0.05, 0) is 54.2 Å². The first-order valence-corrected chi connectivity index (χ1v) is 8.75. The van der Waals surface area contributed by atoms with Crippen molar-refractivity contribution in [1.29, 1.82) is 0 Å². The molecule has 0 aromatic heterocycles. The smallest absolute Gasteiger partial charge is 0.185 e. The number of hydrazine groups is 1. The van der Waals surface area contributed by atoms with Gasteiger partial charge in [-0.25, -0.2) is 0 Å². The number of rotatable bonds is 6. The van der Waals surface area contributed by atoms with Gasteiger partial charge < -0.3 is 10.1 Å². The number of hydrogen-bond acceptors (Lipinski definition) is 3. The molecule has 2 N–H and O–H groups in total. The molecule has 3 aromatic rings. The Morgan fingerprint density at radius 3 is 1.88 bits per heavy atom. The van der Waals surface area contributed by atoms with Gasteiger partial charge in [0.2, 0.25) is 0 Å². The highest BCUT2D eigenvalue weighted by atomic mass is 32.1. The number of thiocarbonyl (C=S) groups is 1. The summed E-state index contributed by atoms with van der Waals surface area (Å²) < 4.78 is 5.18. The minimum Gasteiger partial charge on any atom is -0.497 e. The Bertz CT molecular complexity index is 783. The highest BCUT2D eigenvalue weighted by Gasteiger charge is 2.10. The highest BCUT2D eigenvalue weighted by Crippen LogP contribution is 2.22. The summed E-state index contributed by atoms with van der Waals surface area (Å²) in [4.78, 5) is 0. The third-order valence-corrected chi connectivity index (χ3v) is 4.09. The average Bonchev–Trinajstić information content (AvgIpc) is 2.72. The van der Waals surface area contributed by atoms with Gasteiger partial charge in [0, 0.05) is 6.54 Å². The van der Waals surface area contributed by atoms with E-state index in [0.717, 1.165) is 22.7 Å². The van der Waals surface area contributed by atoms with Crippen LogP contribution in [-0.4, -0.2) is 12.2 Å². The number of nitrogens with one attached hydrogen (secondary N) is 2. The molecule has 26 heavy (non-hydrogen) atoms. The topological polar surface area (TPSA) is 36.5 Å². The van der Waals surface area contributed by atoms with Crippen molar-refractivity contribution in [3.8, 4) is 5.75 Å². The summed E-state index contributed by atoms with van der Waals surface area (Å²) in [6.07, 6.45) is 0. The largest absolute Gasteiger partial charge is 0.497 e. The Kier molecular flexibility index (Phi) is 6.06. The molecule has 0 aliphatic heterocycles. The van der Waals surface area contributed by atoms with E-state index in [4.69, 9.17) is 17.0 Å². The summed E-state index contributed by atoms with van der Waals surface area (Å²) in [5.74, 6) is 0.841. The molecule has 132 valence electrons. The molecule has 0 unspecified atom stereocenters. The third kappa shape index (κ3) is 4.74. The molecule has 5 heteroatoms. The molecule has 0 fully saturated rings. The number of ether oxygens (including phenoxy) is 1. The van der Waals surface area contributed by atoms with Gasteiger partial charge in [-0.2, -0.15) is 0 Å². The Morgan fingerprint density at radius 1 is 0.846 bits per heavy atom. The zero-order valence-corrected chi connectivity index (χ0v) is 15.4. The predicted octanol–water partition coefficient (Wildman–Crippen LogP) is 4.41. The molecule has 0 bridgehead atoms. The van der Waals surface area contributed by atoms with Crippen molar-refractivity contribution in [3.63, 3.8) is 0 Å². The summed E-state index contributed by atoms with van der Waals surface area (Å²) >= 11 is 5.49.